The maximum absolute atomic E-state index is 6.43. The van der Waals surface area contributed by atoms with Gasteiger partial charge in [-0.05, 0) is 109 Å². The van der Waals surface area contributed by atoms with Crippen molar-refractivity contribution in [2.45, 2.75) is 24.7 Å². The molecule has 1 heterocycles. The summed E-state index contributed by atoms with van der Waals surface area (Å²) in [6.07, 6.45) is 0. The van der Waals surface area contributed by atoms with Crippen LogP contribution < -0.4 is 4.90 Å². The van der Waals surface area contributed by atoms with Crippen LogP contribution in [0.15, 0.2) is 217 Å². The summed E-state index contributed by atoms with van der Waals surface area (Å²) in [7, 11) is 0. The van der Waals surface area contributed by atoms with Crippen LogP contribution >= 0.6 is 0 Å². The SMILES string of the molecule is CC1(C)c2ccccc2C2(c3ccccc3-c3c(-c4ccc(N(c5cccc(-c6ccccc6)c5)c5cccc6oc7ccccc7c56)cc4)cccc32)c2ccccc21. The third-order valence-electron chi connectivity index (χ3n) is 13.3. The Kier molecular flexibility index (Phi) is 7.52. The summed E-state index contributed by atoms with van der Waals surface area (Å²) in [5.74, 6) is 0. The van der Waals surface area contributed by atoms with Crippen LogP contribution in [0.5, 0.6) is 0 Å². The first-order valence-electron chi connectivity index (χ1n) is 20.9. The zero-order valence-corrected chi connectivity index (χ0v) is 33.6. The molecule has 2 heteroatoms. The molecule has 60 heavy (non-hydrogen) atoms. The molecule has 0 saturated carbocycles. The molecule has 0 N–H and O–H groups in total. The van der Waals surface area contributed by atoms with Gasteiger partial charge in [0.05, 0.1) is 16.5 Å². The summed E-state index contributed by atoms with van der Waals surface area (Å²) < 4.78 is 6.43. The van der Waals surface area contributed by atoms with Gasteiger partial charge in [0.25, 0.3) is 0 Å². The molecule has 0 atom stereocenters. The highest BCUT2D eigenvalue weighted by molar-refractivity contribution is 6.13. The zero-order chi connectivity index (χ0) is 40.0. The van der Waals surface area contributed by atoms with Crippen LogP contribution in [0.3, 0.4) is 0 Å². The Morgan fingerprint density at radius 1 is 0.383 bits per heavy atom. The van der Waals surface area contributed by atoms with Crippen molar-refractivity contribution >= 4 is 39.0 Å². The van der Waals surface area contributed by atoms with Crippen molar-refractivity contribution in [3.05, 3.63) is 246 Å². The highest BCUT2D eigenvalue weighted by Crippen LogP contribution is 2.63. The normalized spacial score (nSPS) is 14.1. The average molecular weight is 768 g/mol. The molecular formula is C58H41NO. The van der Waals surface area contributed by atoms with Crippen LogP contribution in [0.25, 0.3) is 55.3 Å². The number of hydrogen-bond donors (Lipinski definition) is 0. The van der Waals surface area contributed by atoms with Crippen molar-refractivity contribution in [2.24, 2.45) is 0 Å². The maximum atomic E-state index is 6.43. The van der Waals surface area contributed by atoms with Crippen LogP contribution in [-0.4, -0.2) is 0 Å². The Labute approximate surface area is 350 Å². The lowest BCUT2D eigenvalue weighted by atomic mass is 9.55. The number of anilines is 3. The van der Waals surface area contributed by atoms with Crippen molar-refractivity contribution in [3.63, 3.8) is 0 Å². The number of fused-ring (bicyclic) bond motifs is 12. The van der Waals surface area contributed by atoms with Crippen LogP contribution in [0.4, 0.5) is 17.1 Å². The van der Waals surface area contributed by atoms with Gasteiger partial charge in [-0.2, -0.15) is 0 Å². The van der Waals surface area contributed by atoms with E-state index in [-0.39, 0.29) is 5.41 Å². The monoisotopic (exact) mass is 767 g/mol. The standard InChI is InChI=1S/C58H41NO/c1-57(2)47-25-9-11-27-49(47)58(50-28-12-10-26-48(50)57)46-24-8-6-21-44(46)55-43(23-15-29-51(55)58)39-33-35-41(36-34-39)59(42-20-14-19-40(37-42)38-17-4-3-5-18-38)52-30-16-32-54-56(52)45-22-7-13-31-53(45)60-54/h3-37H,1-2H3. The number of nitrogens with zero attached hydrogens (tertiary/aromatic N) is 1. The molecule has 0 saturated heterocycles. The maximum Gasteiger partial charge on any atom is 0.137 e. The summed E-state index contributed by atoms with van der Waals surface area (Å²) in [5.41, 5.74) is 20.0. The second kappa shape index (κ2) is 13.0. The molecule has 284 valence electrons. The van der Waals surface area contributed by atoms with Gasteiger partial charge < -0.3 is 9.32 Å². The fourth-order valence-corrected chi connectivity index (χ4v) is 10.8. The summed E-state index contributed by atoms with van der Waals surface area (Å²) in [4.78, 5) is 2.39. The summed E-state index contributed by atoms with van der Waals surface area (Å²) >= 11 is 0. The third kappa shape index (κ3) is 4.82. The fourth-order valence-electron chi connectivity index (χ4n) is 10.8. The summed E-state index contributed by atoms with van der Waals surface area (Å²) in [6.45, 7) is 4.77. The third-order valence-corrected chi connectivity index (χ3v) is 13.3. The molecule has 0 amide bonds. The quantitative estimate of drug-likeness (QED) is 0.173. The van der Waals surface area contributed by atoms with Gasteiger partial charge in [-0.25, -0.2) is 0 Å². The van der Waals surface area contributed by atoms with Crippen LogP contribution in [0.1, 0.15) is 47.2 Å². The van der Waals surface area contributed by atoms with E-state index in [1.54, 1.807) is 0 Å². The smallest absolute Gasteiger partial charge is 0.137 e. The lowest BCUT2D eigenvalue weighted by Gasteiger charge is -2.46. The van der Waals surface area contributed by atoms with E-state index in [1.165, 1.54) is 66.8 Å². The fraction of sp³-hybridized carbons (Fsp3) is 0.0690. The number of para-hydroxylation sites is 1. The molecule has 1 aromatic heterocycles. The van der Waals surface area contributed by atoms with Gasteiger partial charge in [-0.3, -0.25) is 0 Å². The van der Waals surface area contributed by atoms with Gasteiger partial charge in [0, 0.05) is 22.2 Å². The van der Waals surface area contributed by atoms with Gasteiger partial charge in [-0.1, -0.05) is 184 Å². The minimum Gasteiger partial charge on any atom is -0.456 e. The van der Waals surface area contributed by atoms with E-state index < -0.39 is 5.41 Å². The van der Waals surface area contributed by atoms with Gasteiger partial charge in [0.2, 0.25) is 0 Å². The predicted octanol–water partition coefficient (Wildman–Crippen LogP) is 15.4. The second-order valence-corrected chi connectivity index (χ2v) is 16.8. The molecule has 0 bridgehead atoms. The molecule has 9 aromatic carbocycles. The first kappa shape index (κ1) is 34.6. The Morgan fingerprint density at radius 2 is 0.950 bits per heavy atom. The predicted molar refractivity (Wildman–Crippen MR) is 249 cm³/mol. The van der Waals surface area contributed by atoms with Gasteiger partial charge in [0.15, 0.2) is 0 Å². The first-order chi connectivity index (χ1) is 29.5. The molecule has 0 fully saturated rings. The van der Waals surface area contributed by atoms with E-state index in [9.17, 15) is 0 Å². The van der Waals surface area contributed by atoms with Crippen molar-refractivity contribution < 1.29 is 4.42 Å². The van der Waals surface area contributed by atoms with Crippen molar-refractivity contribution in [1.82, 2.24) is 0 Å². The Balaban J connectivity index is 1.06. The molecule has 0 unspecified atom stereocenters. The van der Waals surface area contributed by atoms with Gasteiger partial charge >= 0.3 is 0 Å². The molecule has 1 spiro atoms. The molecule has 0 aliphatic heterocycles. The minimum absolute atomic E-state index is 0.136. The summed E-state index contributed by atoms with van der Waals surface area (Å²) in [6, 6.07) is 77.9. The van der Waals surface area contributed by atoms with E-state index >= 15 is 0 Å². The first-order valence-corrected chi connectivity index (χ1v) is 20.9. The number of benzene rings is 9. The van der Waals surface area contributed by atoms with Crippen molar-refractivity contribution in [2.75, 3.05) is 4.90 Å². The number of rotatable bonds is 5. The van der Waals surface area contributed by atoms with Crippen LogP contribution in [0, 0.1) is 0 Å². The van der Waals surface area contributed by atoms with E-state index in [1.807, 2.05) is 6.07 Å². The van der Waals surface area contributed by atoms with E-state index in [4.69, 9.17) is 4.42 Å². The zero-order valence-electron chi connectivity index (χ0n) is 33.6. The average Bonchev–Trinajstić information content (AvgIpc) is 3.84. The van der Waals surface area contributed by atoms with E-state index in [0.29, 0.717) is 0 Å². The molecular weight excluding hydrogens is 727 g/mol. The highest BCUT2D eigenvalue weighted by Gasteiger charge is 2.53. The Morgan fingerprint density at radius 3 is 1.72 bits per heavy atom. The van der Waals surface area contributed by atoms with Crippen LogP contribution in [0.2, 0.25) is 0 Å². The molecule has 2 aliphatic rings. The van der Waals surface area contributed by atoms with Crippen LogP contribution in [-0.2, 0) is 10.8 Å². The van der Waals surface area contributed by atoms with E-state index in [2.05, 4.69) is 225 Å². The molecule has 2 aliphatic carbocycles. The Bertz CT molecular complexity index is 3250. The molecule has 2 nitrogen and oxygen atoms in total. The lowest BCUT2D eigenvalue weighted by Crippen LogP contribution is -2.40. The van der Waals surface area contributed by atoms with Crippen molar-refractivity contribution in [3.8, 4) is 33.4 Å². The summed E-state index contributed by atoms with van der Waals surface area (Å²) in [5, 5.41) is 2.20. The molecule has 10 aromatic rings. The Hall–Kier alpha value is -7.42. The van der Waals surface area contributed by atoms with Gasteiger partial charge in [0.1, 0.15) is 11.2 Å². The lowest BCUT2D eigenvalue weighted by molar-refractivity contribution is 0.563. The van der Waals surface area contributed by atoms with Crippen molar-refractivity contribution in [1.29, 1.82) is 0 Å². The topological polar surface area (TPSA) is 16.4 Å². The minimum atomic E-state index is -0.433. The highest BCUT2D eigenvalue weighted by atomic mass is 16.3. The largest absolute Gasteiger partial charge is 0.456 e. The molecule has 12 rings (SSSR count). The van der Waals surface area contributed by atoms with E-state index in [0.717, 1.165) is 39.0 Å². The molecule has 0 radical (unpaired) electrons. The number of hydrogen-bond acceptors (Lipinski definition) is 2. The number of furan rings is 1. The van der Waals surface area contributed by atoms with Gasteiger partial charge in [-0.15, -0.1) is 0 Å². The second-order valence-electron chi connectivity index (χ2n) is 16.8.